The van der Waals surface area contributed by atoms with Gasteiger partial charge in [0.05, 0.1) is 29.6 Å². The van der Waals surface area contributed by atoms with Gasteiger partial charge in [-0.15, -0.1) is 0 Å². The third kappa shape index (κ3) is 6.24. The molecule has 0 radical (unpaired) electrons. The number of hydrogen-bond acceptors (Lipinski definition) is 6. The number of methoxy groups -OCH3 is 1. The molecule has 0 spiro atoms. The molecule has 2 heterocycles. The minimum absolute atomic E-state index is 0.163. The lowest BCUT2D eigenvalue weighted by atomic mass is 9.98. The van der Waals surface area contributed by atoms with Crippen LogP contribution in [0.25, 0.3) is 0 Å². The number of hydrogen-bond donors (Lipinski definition) is 2. The fourth-order valence-electron chi connectivity index (χ4n) is 4.31. The summed E-state index contributed by atoms with van der Waals surface area (Å²) in [6.07, 6.45) is 3.05. The van der Waals surface area contributed by atoms with Gasteiger partial charge in [-0.25, -0.2) is 4.98 Å². The Balaban J connectivity index is 1.42. The van der Waals surface area contributed by atoms with Crippen molar-refractivity contribution in [3.05, 3.63) is 89.6 Å². The highest BCUT2D eigenvalue weighted by molar-refractivity contribution is 5.94. The molecular formula is C28H31N5O2. The lowest BCUT2D eigenvalue weighted by Crippen LogP contribution is -2.35. The first-order valence-electron chi connectivity index (χ1n) is 11.9. The van der Waals surface area contributed by atoms with Gasteiger partial charge in [0.15, 0.2) is 0 Å². The third-order valence-electron chi connectivity index (χ3n) is 6.47. The van der Waals surface area contributed by atoms with Gasteiger partial charge in [0, 0.05) is 26.7 Å². The number of ether oxygens (including phenoxy) is 1. The molecule has 4 rings (SSSR count). The summed E-state index contributed by atoms with van der Waals surface area (Å²) in [6.45, 7) is 4.48. The minimum Gasteiger partial charge on any atom is -0.380 e. The van der Waals surface area contributed by atoms with Crippen LogP contribution in [0.2, 0.25) is 0 Å². The van der Waals surface area contributed by atoms with E-state index in [1.807, 2.05) is 66.7 Å². The predicted molar refractivity (Wildman–Crippen MR) is 137 cm³/mol. The number of anilines is 2. The van der Waals surface area contributed by atoms with Crippen molar-refractivity contribution < 1.29 is 9.53 Å². The lowest BCUT2D eigenvalue weighted by molar-refractivity contribution is -0.118. The molecular weight excluding hydrogens is 438 g/mol. The summed E-state index contributed by atoms with van der Waals surface area (Å²) in [4.78, 5) is 20.0. The smallest absolute Gasteiger partial charge is 0.247 e. The summed E-state index contributed by atoms with van der Waals surface area (Å²) < 4.78 is 5.45. The van der Waals surface area contributed by atoms with Crippen molar-refractivity contribution in [1.29, 1.82) is 5.26 Å². The summed E-state index contributed by atoms with van der Waals surface area (Å²) in [5.41, 5.74) is 3.66. The number of nitrogens with one attached hydrogen (secondary N) is 2. The van der Waals surface area contributed by atoms with Crippen LogP contribution in [0.4, 0.5) is 11.5 Å². The quantitative estimate of drug-likeness (QED) is 0.487. The summed E-state index contributed by atoms with van der Waals surface area (Å²) in [6, 6.07) is 22.7. The van der Waals surface area contributed by atoms with Crippen LogP contribution in [-0.4, -0.2) is 43.7 Å². The van der Waals surface area contributed by atoms with Gasteiger partial charge in [-0.3, -0.25) is 4.79 Å². The van der Waals surface area contributed by atoms with Crippen molar-refractivity contribution in [2.24, 2.45) is 0 Å². The number of aromatic nitrogens is 1. The standard InChI is InChI=1S/C28H31N5O2/c1-20(22-10-8-21(16-29)9-11-22)17-31-27(23-6-4-3-5-7-23)28(34)32-26-13-12-24(18-30-26)33-15-14-25(19-33)35-2/h3-13,18,20,25,27,31H,14-15,17,19H2,1-2H3,(H,30,32,34)/t20-,25-,27?/m1/s1. The Hall–Kier alpha value is -3.73. The Morgan fingerprint density at radius 2 is 1.91 bits per heavy atom. The van der Waals surface area contributed by atoms with Gasteiger partial charge in [0.25, 0.3) is 0 Å². The van der Waals surface area contributed by atoms with Gasteiger partial charge in [0.1, 0.15) is 11.9 Å². The van der Waals surface area contributed by atoms with E-state index in [2.05, 4.69) is 33.5 Å². The van der Waals surface area contributed by atoms with Crippen molar-refractivity contribution in [1.82, 2.24) is 10.3 Å². The first-order chi connectivity index (χ1) is 17.1. The molecule has 2 aromatic carbocycles. The molecule has 35 heavy (non-hydrogen) atoms. The highest BCUT2D eigenvalue weighted by Gasteiger charge is 2.24. The van der Waals surface area contributed by atoms with Crippen LogP contribution in [0.15, 0.2) is 72.9 Å². The van der Waals surface area contributed by atoms with Crippen molar-refractivity contribution >= 4 is 17.4 Å². The van der Waals surface area contributed by atoms with E-state index in [1.54, 1.807) is 13.3 Å². The van der Waals surface area contributed by atoms with E-state index < -0.39 is 6.04 Å². The maximum absolute atomic E-state index is 13.3. The van der Waals surface area contributed by atoms with Crippen LogP contribution in [0.5, 0.6) is 0 Å². The zero-order valence-corrected chi connectivity index (χ0v) is 20.1. The van der Waals surface area contributed by atoms with E-state index >= 15 is 0 Å². The maximum atomic E-state index is 13.3. The molecule has 180 valence electrons. The normalized spacial score (nSPS) is 16.9. The van der Waals surface area contributed by atoms with E-state index in [1.165, 1.54) is 0 Å². The molecule has 1 unspecified atom stereocenters. The molecule has 1 fully saturated rings. The highest BCUT2D eigenvalue weighted by Crippen LogP contribution is 2.23. The summed E-state index contributed by atoms with van der Waals surface area (Å²) in [5.74, 6) is 0.517. The second-order valence-electron chi connectivity index (χ2n) is 8.87. The van der Waals surface area contributed by atoms with Gasteiger partial charge in [0.2, 0.25) is 5.91 Å². The molecule has 1 aliphatic heterocycles. The number of nitriles is 1. The number of amides is 1. The lowest BCUT2D eigenvalue weighted by Gasteiger charge is -2.22. The van der Waals surface area contributed by atoms with Crippen LogP contribution in [0, 0.1) is 11.3 Å². The molecule has 1 amide bonds. The number of carbonyl (C=O) groups is 1. The van der Waals surface area contributed by atoms with Gasteiger partial charge < -0.3 is 20.3 Å². The number of carbonyl (C=O) groups excluding carboxylic acids is 1. The van der Waals surface area contributed by atoms with Crippen LogP contribution in [-0.2, 0) is 9.53 Å². The van der Waals surface area contributed by atoms with Crippen LogP contribution in [0.3, 0.4) is 0 Å². The fraction of sp³-hybridized carbons (Fsp3) is 0.321. The number of nitrogens with zero attached hydrogens (tertiary/aromatic N) is 3. The zero-order chi connectivity index (χ0) is 24.6. The van der Waals surface area contributed by atoms with Gasteiger partial charge in [-0.2, -0.15) is 5.26 Å². The molecule has 7 heteroatoms. The molecule has 3 atom stereocenters. The monoisotopic (exact) mass is 469 g/mol. The zero-order valence-electron chi connectivity index (χ0n) is 20.1. The Kier molecular flexibility index (Phi) is 8.09. The van der Waals surface area contributed by atoms with E-state index in [-0.39, 0.29) is 17.9 Å². The number of rotatable bonds is 9. The topological polar surface area (TPSA) is 90.3 Å². The SMILES string of the molecule is CO[C@@H]1CCN(c2ccc(NC(=O)C(NC[C@@H](C)c3ccc(C#N)cc3)c3ccccc3)nc2)C1. The van der Waals surface area contributed by atoms with E-state index in [4.69, 9.17) is 10.00 Å². The van der Waals surface area contributed by atoms with Crippen LogP contribution >= 0.6 is 0 Å². The second kappa shape index (κ2) is 11.6. The van der Waals surface area contributed by atoms with Crippen LogP contribution < -0.4 is 15.5 Å². The fourth-order valence-corrected chi connectivity index (χ4v) is 4.31. The molecule has 0 bridgehead atoms. The molecule has 1 saturated heterocycles. The molecule has 1 aliphatic rings. The molecule has 0 saturated carbocycles. The number of pyridine rings is 1. The van der Waals surface area contributed by atoms with E-state index in [9.17, 15) is 4.79 Å². The van der Waals surface area contributed by atoms with Crippen molar-refractivity contribution in [3.8, 4) is 6.07 Å². The third-order valence-corrected chi connectivity index (χ3v) is 6.47. The minimum atomic E-state index is -0.528. The predicted octanol–water partition coefficient (Wildman–Crippen LogP) is 4.25. The first kappa shape index (κ1) is 24.4. The molecule has 3 aromatic rings. The van der Waals surface area contributed by atoms with E-state index in [0.29, 0.717) is 17.9 Å². The van der Waals surface area contributed by atoms with E-state index in [0.717, 1.165) is 36.3 Å². The second-order valence-corrected chi connectivity index (χ2v) is 8.87. The summed E-state index contributed by atoms with van der Waals surface area (Å²) >= 11 is 0. The Labute approximate surface area is 206 Å². The van der Waals surface area contributed by atoms with Crippen molar-refractivity contribution in [2.75, 3.05) is 37.0 Å². The molecule has 0 aliphatic carbocycles. The van der Waals surface area contributed by atoms with Gasteiger partial charge in [-0.05, 0) is 47.7 Å². The Morgan fingerprint density at radius 3 is 2.54 bits per heavy atom. The average Bonchev–Trinajstić information content (AvgIpc) is 3.39. The Morgan fingerprint density at radius 1 is 1.14 bits per heavy atom. The average molecular weight is 470 g/mol. The first-order valence-corrected chi connectivity index (χ1v) is 11.9. The van der Waals surface area contributed by atoms with Crippen LogP contribution in [0.1, 0.15) is 42.0 Å². The molecule has 1 aromatic heterocycles. The largest absolute Gasteiger partial charge is 0.380 e. The molecule has 7 nitrogen and oxygen atoms in total. The van der Waals surface area contributed by atoms with Crippen molar-refractivity contribution in [2.45, 2.75) is 31.4 Å². The number of benzene rings is 2. The highest BCUT2D eigenvalue weighted by atomic mass is 16.5. The molecule has 2 N–H and O–H groups in total. The summed E-state index contributed by atoms with van der Waals surface area (Å²) in [7, 11) is 1.74. The maximum Gasteiger partial charge on any atom is 0.247 e. The van der Waals surface area contributed by atoms with Gasteiger partial charge >= 0.3 is 0 Å². The van der Waals surface area contributed by atoms with Crippen molar-refractivity contribution in [3.63, 3.8) is 0 Å². The Bertz CT molecular complexity index is 1140. The van der Waals surface area contributed by atoms with Gasteiger partial charge in [-0.1, -0.05) is 49.4 Å². The summed E-state index contributed by atoms with van der Waals surface area (Å²) in [5, 5.41) is 15.4.